The Bertz CT molecular complexity index is 1150. The van der Waals surface area contributed by atoms with Gasteiger partial charge in [0, 0.05) is 31.1 Å². The molecule has 6 nitrogen and oxygen atoms in total. The van der Waals surface area contributed by atoms with Crippen molar-refractivity contribution < 1.29 is 4.79 Å². The number of urea groups is 1. The van der Waals surface area contributed by atoms with Crippen LogP contribution in [0.5, 0.6) is 0 Å². The molecule has 2 amide bonds. The minimum atomic E-state index is 0.00541. The molecular weight excluding hydrogens is 406 g/mol. The van der Waals surface area contributed by atoms with E-state index in [1.807, 2.05) is 34.5 Å². The normalized spacial score (nSPS) is 14.2. The van der Waals surface area contributed by atoms with E-state index in [0.717, 1.165) is 36.6 Å². The van der Waals surface area contributed by atoms with Gasteiger partial charge in [0.05, 0.1) is 24.1 Å². The number of hydrogen-bond donors (Lipinski definition) is 1. The van der Waals surface area contributed by atoms with Gasteiger partial charge in [-0.1, -0.05) is 48.5 Å². The van der Waals surface area contributed by atoms with Crippen molar-refractivity contribution in [2.24, 2.45) is 0 Å². The third kappa shape index (κ3) is 4.27. The van der Waals surface area contributed by atoms with Crippen molar-refractivity contribution in [1.29, 1.82) is 0 Å². The van der Waals surface area contributed by atoms with Gasteiger partial charge in [-0.15, -0.1) is 11.3 Å². The number of hydrogen-bond acceptors (Lipinski definition) is 4. The number of thiophene rings is 1. The smallest absolute Gasteiger partial charge is 0.317 e. The third-order valence-electron chi connectivity index (χ3n) is 5.66. The lowest BCUT2D eigenvalue weighted by atomic mass is 10.2. The largest absolute Gasteiger partial charge is 0.339 e. The number of rotatable bonds is 5. The highest BCUT2D eigenvalue weighted by Gasteiger charge is 2.25. The first-order chi connectivity index (χ1) is 15.3. The zero-order valence-electron chi connectivity index (χ0n) is 17.3. The molecule has 4 aromatic rings. The molecule has 0 spiro atoms. The highest BCUT2D eigenvalue weighted by Crippen LogP contribution is 2.25. The van der Waals surface area contributed by atoms with Crippen molar-refractivity contribution in [2.75, 3.05) is 31.1 Å². The van der Waals surface area contributed by atoms with Crippen molar-refractivity contribution >= 4 is 34.3 Å². The number of benzene rings is 2. The van der Waals surface area contributed by atoms with Crippen LogP contribution >= 0.6 is 11.3 Å². The van der Waals surface area contributed by atoms with Gasteiger partial charge in [0.1, 0.15) is 0 Å². The van der Waals surface area contributed by atoms with E-state index in [4.69, 9.17) is 4.98 Å². The van der Waals surface area contributed by atoms with Crippen LogP contribution in [0, 0.1) is 0 Å². The van der Waals surface area contributed by atoms with Crippen LogP contribution in [0.4, 0.5) is 10.7 Å². The van der Waals surface area contributed by atoms with E-state index < -0.39 is 0 Å². The van der Waals surface area contributed by atoms with Gasteiger partial charge in [-0.05, 0) is 29.1 Å². The third-order valence-corrected chi connectivity index (χ3v) is 6.54. The number of nitrogens with zero attached hydrogens (tertiary/aromatic N) is 4. The van der Waals surface area contributed by atoms with Crippen molar-refractivity contribution in [3.8, 4) is 0 Å². The Hall–Kier alpha value is -3.32. The summed E-state index contributed by atoms with van der Waals surface area (Å²) in [5.74, 6) is 0.976. The summed E-state index contributed by atoms with van der Waals surface area (Å²) in [4.78, 5) is 22.9. The highest BCUT2D eigenvalue weighted by molar-refractivity contribution is 7.09. The summed E-state index contributed by atoms with van der Waals surface area (Å²) < 4.78 is 2.29. The average Bonchev–Trinajstić information content (AvgIpc) is 3.47. The number of aromatic nitrogens is 2. The summed E-state index contributed by atoms with van der Waals surface area (Å²) in [7, 11) is 0. The SMILES string of the molecule is O=C(NCc1cccs1)N1CCN(c2nc3ccccc3n2Cc2ccccc2)CC1. The zero-order chi connectivity index (χ0) is 21.0. The first-order valence-corrected chi connectivity index (χ1v) is 11.5. The Morgan fingerprint density at radius 2 is 1.71 bits per heavy atom. The van der Waals surface area contributed by atoms with E-state index >= 15 is 0 Å². The minimum absolute atomic E-state index is 0.00541. The van der Waals surface area contributed by atoms with Gasteiger partial charge in [-0.25, -0.2) is 9.78 Å². The van der Waals surface area contributed by atoms with Gasteiger partial charge in [-0.2, -0.15) is 0 Å². The van der Waals surface area contributed by atoms with Crippen LogP contribution in [-0.4, -0.2) is 46.7 Å². The molecule has 3 heterocycles. The molecule has 7 heteroatoms. The predicted molar refractivity (Wildman–Crippen MR) is 126 cm³/mol. The van der Waals surface area contributed by atoms with Crippen molar-refractivity contribution in [2.45, 2.75) is 13.1 Å². The highest BCUT2D eigenvalue weighted by atomic mass is 32.1. The summed E-state index contributed by atoms with van der Waals surface area (Å²) in [6, 6.07) is 22.8. The maximum absolute atomic E-state index is 12.6. The average molecular weight is 432 g/mol. The van der Waals surface area contributed by atoms with Gasteiger partial charge in [0.25, 0.3) is 0 Å². The van der Waals surface area contributed by atoms with Crippen LogP contribution < -0.4 is 10.2 Å². The summed E-state index contributed by atoms with van der Waals surface area (Å²) in [5, 5.41) is 5.06. The molecule has 5 rings (SSSR count). The Labute approximate surface area is 185 Å². The number of carbonyl (C=O) groups is 1. The summed E-state index contributed by atoms with van der Waals surface area (Å²) >= 11 is 1.66. The lowest BCUT2D eigenvalue weighted by Gasteiger charge is -2.35. The van der Waals surface area contributed by atoms with Gasteiger partial charge >= 0.3 is 6.03 Å². The van der Waals surface area contributed by atoms with Crippen LogP contribution in [-0.2, 0) is 13.1 Å². The van der Waals surface area contributed by atoms with E-state index in [9.17, 15) is 4.79 Å². The lowest BCUT2D eigenvalue weighted by molar-refractivity contribution is 0.193. The second-order valence-corrected chi connectivity index (χ2v) is 8.72. The standard InChI is InChI=1S/C24H25N5OS/c30-24(25-17-20-9-6-16-31-20)28-14-12-27(13-15-28)23-26-21-10-4-5-11-22(21)29(23)18-19-7-2-1-3-8-19/h1-11,16H,12-15,17-18H2,(H,25,30). The number of nitrogens with one attached hydrogen (secondary N) is 1. The predicted octanol–water partition coefficient (Wildman–Crippen LogP) is 4.18. The minimum Gasteiger partial charge on any atom is -0.339 e. The molecule has 1 saturated heterocycles. The number of anilines is 1. The van der Waals surface area contributed by atoms with Crippen molar-refractivity contribution in [1.82, 2.24) is 19.8 Å². The molecule has 2 aromatic heterocycles. The first kappa shape index (κ1) is 19.6. The van der Waals surface area contributed by atoms with Gasteiger partial charge in [0.15, 0.2) is 0 Å². The molecule has 1 aliphatic rings. The van der Waals surface area contributed by atoms with Crippen molar-refractivity contribution in [3.05, 3.63) is 82.6 Å². The van der Waals surface area contributed by atoms with Gasteiger partial charge in [-0.3, -0.25) is 0 Å². The maximum atomic E-state index is 12.6. The second-order valence-electron chi connectivity index (χ2n) is 7.68. The summed E-state index contributed by atoms with van der Waals surface area (Å²) in [6.45, 7) is 4.27. The fourth-order valence-corrected chi connectivity index (χ4v) is 4.67. The number of piperazine rings is 1. The molecule has 158 valence electrons. The van der Waals surface area contributed by atoms with E-state index in [-0.39, 0.29) is 6.03 Å². The summed E-state index contributed by atoms with van der Waals surface area (Å²) in [5.41, 5.74) is 3.39. The van der Waals surface area contributed by atoms with Crippen LogP contribution in [0.3, 0.4) is 0 Å². The van der Waals surface area contributed by atoms with E-state index in [1.165, 1.54) is 10.4 Å². The molecule has 0 aliphatic carbocycles. The maximum Gasteiger partial charge on any atom is 0.317 e. The topological polar surface area (TPSA) is 53.4 Å². The number of amides is 2. The molecule has 1 aliphatic heterocycles. The molecule has 0 bridgehead atoms. The van der Waals surface area contributed by atoms with Crippen LogP contribution in [0.15, 0.2) is 72.1 Å². The zero-order valence-corrected chi connectivity index (χ0v) is 18.1. The molecule has 31 heavy (non-hydrogen) atoms. The number of fused-ring (bicyclic) bond motifs is 1. The Kier molecular flexibility index (Phi) is 5.58. The number of carbonyl (C=O) groups excluding carboxylic acids is 1. The fraction of sp³-hybridized carbons (Fsp3) is 0.250. The molecule has 0 unspecified atom stereocenters. The van der Waals surface area contributed by atoms with Crippen LogP contribution in [0.2, 0.25) is 0 Å². The van der Waals surface area contributed by atoms with Crippen LogP contribution in [0.1, 0.15) is 10.4 Å². The monoisotopic (exact) mass is 431 g/mol. The molecule has 0 saturated carbocycles. The lowest BCUT2D eigenvalue weighted by Crippen LogP contribution is -2.52. The van der Waals surface area contributed by atoms with E-state index in [0.29, 0.717) is 19.6 Å². The molecular formula is C24H25N5OS. The second kappa shape index (κ2) is 8.81. The molecule has 1 fully saturated rings. The first-order valence-electron chi connectivity index (χ1n) is 10.6. The number of imidazole rings is 1. The van der Waals surface area contributed by atoms with Gasteiger partial charge < -0.3 is 19.7 Å². The summed E-state index contributed by atoms with van der Waals surface area (Å²) in [6.07, 6.45) is 0. The molecule has 0 radical (unpaired) electrons. The van der Waals surface area contributed by atoms with Crippen molar-refractivity contribution in [3.63, 3.8) is 0 Å². The molecule has 2 aromatic carbocycles. The Morgan fingerprint density at radius 1 is 0.935 bits per heavy atom. The van der Waals surface area contributed by atoms with E-state index in [1.54, 1.807) is 11.3 Å². The van der Waals surface area contributed by atoms with Gasteiger partial charge in [0.2, 0.25) is 5.95 Å². The van der Waals surface area contributed by atoms with Crippen LogP contribution in [0.25, 0.3) is 11.0 Å². The Morgan fingerprint density at radius 3 is 2.48 bits per heavy atom. The molecule has 1 N–H and O–H groups in total. The molecule has 0 atom stereocenters. The quantitative estimate of drug-likeness (QED) is 0.516. The number of para-hydroxylation sites is 2. The Balaban J connectivity index is 1.30. The fourth-order valence-electron chi connectivity index (χ4n) is 4.02. The van der Waals surface area contributed by atoms with E-state index in [2.05, 4.69) is 57.2 Å².